The van der Waals surface area contributed by atoms with Gasteiger partial charge in [0, 0.05) is 27.6 Å². The highest BCUT2D eigenvalue weighted by molar-refractivity contribution is 8.03. The monoisotopic (exact) mass is 419 g/mol. The van der Waals surface area contributed by atoms with Crippen LogP contribution in [0, 0.1) is 5.82 Å². The number of hydrogen-bond donors (Lipinski definition) is 2. The number of dihydropyridines is 1. The van der Waals surface area contributed by atoms with E-state index in [1.165, 1.54) is 18.7 Å². The maximum absolute atomic E-state index is 14.7. The lowest BCUT2D eigenvalue weighted by molar-refractivity contribution is -0.139. The van der Waals surface area contributed by atoms with Gasteiger partial charge in [-0.3, -0.25) is 0 Å². The SMILES string of the molecule is CC1=C(C(=O)O)C(c2c(F)cccc2C(F)(F)F)C2=C(CSCCCS2)N1. The molecule has 0 amide bonds. The average Bonchev–Trinajstić information content (AvgIpc) is 2.54. The lowest BCUT2D eigenvalue weighted by Gasteiger charge is -2.33. The van der Waals surface area contributed by atoms with Crippen molar-refractivity contribution in [3.05, 3.63) is 57.0 Å². The van der Waals surface area contributed by atoms with Crippen LogP contribution in [0.5, 0.6) is 0 Å². The molecule has 146 valence electrons. The minimum atomic E-state index is -4.79. The Morgan fingerprint density at radius 2 is 2.04 bits per heavy atom. The van der Waals surface area contributed by atoms with E-state index in [0.29, 0.717) is 22.1 Å². The highest BCUT2D eigenvalue weighted by Crippen LogP contribution is 2.49. The minimum absolute atomic E-state index is 0.240. The smallest absolute Gasteiger partial charge is 0.416 e. The second kappa shape index (κ2) is 7.79. The van der Waals surface area contributed by atoms with Crippen molar-refractivity contribution in [2.24, 2.45) is 0 Å². The maximum Gasteiger partial charge on any atom is 0.416 e. The van der Waals surface area contributed by atoms with E-state index in [2.05, 4.69) is 5.32 Å². The van der Waals surface area contributed by atoms with Gasteiger partial charge < -0.3 is 10.4 Å². The van der Waals surface area contributed by atoms with Crippen LogP contribution in [0.15, 0.2) is 40.1 Å². The van der Waals surface area contributed by atoms with E-state index in [-0.39, 0.29) is 11.3 Å². The van der Waals surface area contributed by atoms with Crippen LogP contribution in [-0.2, 0) is 11.0 Å². The quantitative estimate of drug-likeness (QED) is 0.663. The summed E-state index contributed by atoms with van der Waals surface area (Å²) in [6, 6.07) is 2.75. The number of thioether (sulfide) groups is 2. The molecule has 1 unspecified atom stereocenters. The van der Waals surface area contributed by atoms with Gasteiger partial charge in [-0.25, -0.2) is 9.18 Å². The number of hydrogen-bond acceptors (Lipinski definition) is 4. The normalized spacial score (nSPS) is 21.3. The zero-order valence-electron chi connectivity index (χ0n) is 14.3. The van der Waals surface area contributed by atoms with Gasteiger partial charge in [-0.1, -0.05) is 6.07 Å². The van der Waals surface area contributed by atoms with E-state index in [0.717, 1.165) is 30.4 Å². The van der Waals surface area contributed by atoms with Crippen molar-refractivity contribution < 1.29 is 27.5 Å². The second-order valence-electron chi connectivity index (χ2n) is 6.20. The number of benzene rings is 1. The molecule has 0 spiro atoms. The fraction of sp³-hybridized carbons (Fsp3) is 0.389. The zero-order valence-corrected chi connectivity index (χ0v) is 16.0. The van der Waals surface area contributed by atoms with Crippen LogP contribution in [0.2, 0.25) is 0 Å². The number of rotatable bonds is 2. The number of halogens is 4. The van der Waals surface area contributed by atoms with Gasteiger partial charge in [0.15, 0.2) is 0 Å². The first-order chi connectivity index (χ1) is 12.7. The van der Waals surface area contributed by atoms with E-state index in [4.69, 9.17) is 0 Å². The lowest BCUT2D eigenvalue weighted by atomic mass is 9.83. The number of aliphatic carboxylic acids is 1. The molecule has 2 N–H and O–H groups in total. The van der Waals surface area contributed by atoms with Gasteiger partial charge in [0.2, 0.25) is 0 Å². The van der Waals surface area contributed by atoms with Crippen molar-refractivity contribution in [2.75, 3.05) is 17.3 Å². The maximum atomic E-state index is 14.7. The lowest BCUT2D eigenvalue weighted by Crippen LogP contribution is -2.31. The van der Waals surface area contributed by atoms with Crippen LogP contribution in [0.1, 0.15) is 30.4 Å². The highest BCUT2D eigenvalue weighted by Gasteiger charge is 2.42. The molecule has 0 saturated carbocycles. The number of alkyl halides is 3. The van der Waals surface area contributed by atoms with Crippen molar-refractivity contribution in [3.8, 4) is 0 Å². The summed E-state index contributed by atoms with van der Waals surface area (Å²) < 4.78 is 55.5. The largest absolute Gasteiger partial charge is 0.478 e. The van der Waals surface area contributed by atoms with Gasteiger partial charge >= 0.3 is 12.1 Å². The fourth-order valence-corrected chi connectivity index (χ4v) is 5.72. The highest BCUT2D eigenvalue weighted by atomic mass is 32.2. The number of carboxylic acids is 1. The first kappa shape index (κ1) is 20.1. The van der Waals surface area contributed by atoms with Gasteiger partial charge in [-0.05, 0) is 37.0 Å². The molecule has 1 atom stereocenters. The molecule has 0 bridgehead atoms. The van der Waals surface area contributed by atoms with Gasteiger partial charge in [0.1, 0.15) is 5.82 Å². The van der Waals surface area contributed by atoms with Gasteiger partial charge in [0.25, 0.3) is 0 Å². The number of allylic oxidation sites excluding steroid dienone is 2. The third-order valence-electron chi connectivity index (χ3n) is 4.41. The predicted molar refractivity (Wildman–Crippen MR) is 99.0 cm³/mol. The van der Waals surface area contributed by atoms with Crippen LogP contribution in [0.25, 0.3) is 0 Å². The first-order valence-electron chi connectivity index (χ1n) is 8.22. The molecule has 1 aromatic carbocycles. The van der Waals surface area contributed by atoms with Crippen LogP contribution >= 0.6 is 23.5 Å². The van der Waals surface area contributed by atoms with Crippen molar-refractivity contribution in [2.45, 2.75) is 25.4 Å². The molecule has 3 nitrogen and oxygen atoms in total. The Bertz CT molecular complexity index is 833. The number of nitrogens with one attached hydrogen (secondary N) is 1. The van der Waals surface area contributed by atoms with Gasteiger partial charge in [-0.2, -0.15) is 24.9 Å². The van der Waals surface area contributed by atoms with Crippen molar-refractivity contribution in [1.29, 1.82) is 0 Å². The Kier molecular flexibility index (Phi) is 5.81. The van der Waals surface area contributed by atoms with Crippen LogP contribution in [0.3, 0.4) is 0 Å². The van der Waals surface area contributed by atoms with Crippen molar-refractivity contribution in [1.82, 2.24) is 5.32 Å². The summed E-state index contributed by atoms with van der Waals surface area (Å²) in [6.45, 7) is 1.50. The van der Waals surface area contributed by atoms with E-state index in [1.54, 1.807) is 11.8 Å². The Morgan fingerprint density at radius 3 is 2.70 bits per heavy atom. The number of carboxylic acid groups (broad SMARTS) is 1. The standard InChI is InChI=1S/C18H17F4NO2S2/c1-9-13(17(24)25)15(16-12(23-9)8-26-6-3-7-27-16)14-10(18(20,21)22)4-2-5-11(14)19/h2,4-5,15,23H,3,6-8H2,1H3,(H,24,25). The summed E-state index contributed by atoms with van der Waals surface area (Å²) in [6.07, 6.45) is -3.95. The Balaban J connectivity index is 2.28. The molecule has 0 radical (unpaired) electrons. The topological polar surface area (TPSA) is 49.3 Å². The molecule has 27 heavy (non-hydrogen) atoms. The molecule has 2 heterocycles. The Hall–Kier alpha value is -1.61. The molecule has 0 aliphatic carbocycles. The third kappa shape index (κ3) is 3.99. The molecular formula is C18H17F4NO2S2. The van der Waals surface area contributed by atoms with E-state index in [9.17, 15) is 27.5 Å². The average molecular weight is 419 g/mol. The van der Waals surface area contributed by atoms with Crippen LogP contribution in [-0.4, -0.2) is 28.3 Å². The van der Waals surface area contributed by atoms with E-state index in [1.807, 2.05) is 0 Å². The fourth-order valence-electron chi connectivity index (χ4n) is 3.31. The van der Waals surface area contributed by atoms with Crippen LogP contribution < -0.4 is 5.32 Å². The molecule has 1 aromatic rings. The van der Waals surface area contributed by atoms with Gasteiger partial charge in [-0.15, -0.1) is 11.8 Å². The van der Waals surface area contributed by atoms with Crippen molar-refractivity contribution in [3.63, 3.8) is 0 Å². The Labute approximate surface area is 162 Å². The summed E-state index contributed by atoms with van der Waals surface area (Å²) in [5.74, 6) is -1.66. The molecule has 0 aromatic heterocycles. The number of carbonyl (C=O) groups is 1. The minimum Gasteiger partial charge on any atom is -0.478 e. The summed E-state index contributed by atoms with van der Waals surface area (Å²) in [5.41, 5.74) is -1.10. The molecule has 2 aliphatic rings. The van der Waals surface area contributed by atoms with Crippen LogP contribution in [0.4, 0.5) is 17.6 Å². The van der Waals surface area contributed by atoms with E-state index < -0.39 is 35.0 Å². The summed E-state index contributed by atoms with van der Waals surface area (Å²) in [5, 5.41) is 12.7. The van der Waals surface area contributed by atoms with Crippen molar-refractivity contribution >= 4 is 29.5 Å². The summed E-state index contributed by atoms with van der Waals surface area (Å²) in [7, 11) is 0. The molecule has 0 fully saturated rings. The molecule has 2 aliphatic heterocycles. The third-order valence-corrected chi connectivity index (χ3v) is 6.76. The van der Waals surface area contributed by atoms with Gasteiger partial charge in [0.05, 0.1) is 17.1 Å². The molecule has 9 heteroatoms. The first-order valence-corrected chi connectivity index (χ1v) is 10.4. The zero-order chi connectivity index (χ0) is 19.8. The molecular weight excluding hydrogens is 402 g/mol. The summed E-state index contributed by atoms with van der Waals surface area (Å²) in [4.78, 5) is 12.4. The molecule has 3 rings (SSSR count). The predicted octanol–water partition coefficient (Wildman–Crippen LogP) is 4.97. The Morgan fingerprint density at radius 1 is 1.30 bits per heavy atom. The molecule has 0 saturated heterocycles. The van der Waals surface area contributed by atoms with E-state index >= 15 is 0 Å². The second-order valence-corrected chi connectivity index (χ2v) is 8.44. The summed E-state index contributed by atoms with van der Waals surface area (Å²) >= 11 is 2.93.